The summed E-state index contributed by atoms with van der Waals surface area (Å²) in [5.41, 5.74) is 0. The molecule has 1 aliphatic rings. The van der Waals surface area contributed by atoms with Crippen molar-refractivity contribution >= 4 is 50.1 Å². The van der Waals surface area contributed by atoms with Gasteiger partial charge in [-0.3, -0.25) is 10.1 Å². The second kappa shape index (κ2) is 9.74. The van der Waals surface area contributed by atoms with E-state index in [2.05, 4.69) is 17.2 Å². The van der Waals surface area contributed by atoms with Gasteiger partial charge in [-0.2, -0.15) is 0 Å². The number of hydrogen-bond acceptors (Lipinski definition) is 7. The first-order valence-electron chi connectivity index (χ1n) is 8.70. The van der Waals surface area contributed by atoms with Crippen LogP contribution in [0, 0.1) is 5.92 Å². The van der Waals surface area contributed by atoms with Gasteiger partial charge in [0.2, 0.25) is 0 Å². The molecule has 0 bridgehead atoms. The van der Waals surface area contributed by atoms with Crippen molar-refractivity contribution in [3.63, 3.8) is 0 Å². The maximum atomic E-state index is 12.8. The number of urea groups is 1. The first-order valence-corrected chi connectivity index (χ1v) is 12.6. The molecule has 152 valence electrons. The third kappa shape index (κ3) is 7.67. The molecule has 0 atom stereocenters. The third-order valence-corrected chi connectivity index (χ3v) is 7.44. The number of nitrogens with zero attached hydrogens (tertiary/aromatic N) is 2. The molecule has 11 heteroatoms. The summed E-state index contributed by atoms with van der Waals surface area (Å²) in [5.74, 6) is -0.452. The summed E-state index contributed by atoms with van der Waals surface area (Å²) < 4.78 is 23.8. The molecule has 2 N–H and O–H groups in total. The van der Waals surface area contributed by atoms with Crippen LogP contribution in [0.15, 0.2) is 10.4 Å². The highest BCUT2D eigenvalue weighted by atomic mass is 32.2. The maximum absolute atomic E-state index is 12.8. The van der Waals surface area contributed by atoms with Crippen molar-refractivity contribution in [2.75, 3.05) is 29.6 Å². The molecule has 0 aliphatic heterocycles. The molecule has 1 aromatic heterocycles. The second-order valence-corrected chi connectivity index (χ2v) is 11.4. The van der Waals surface area contributed by atoms with Gasteiger partial charge in [0.25, 0.3) is 0 Å². The smallest absolute Gasteiger partial charge is 0.323 e. The Bertz CT molecular complexity index is 757. The van der Waals surface area contributed by atoms with Crippen LogP contribution in [0.3, 0.4) is 0 Å². The molecule has 0 spiro atoms. The molecule has 2 rings (SSSR count). The number of thioether (sulfide) groups is 1. The Morgan fingerprint density at radius 1 is 1.37 bits per heavy atom. The number of anilines is 1. The summed E-state index contributed by atoms with van der Waals surface area (Å²) in [6, 6.07) is -0.342. The average molecular weight is 436 g/mol. The van der Waals surface area contributed by atoms with Crippen molar-refractivity contribution in [3.8, 4) is 0 Å². The monoisotopic (exact) mass is 435 g/mol. The molecule has 1 saturated carbocycles. The molecular formula is C16H25N3O5S3. The molecule has 0 aromatic carbocycles. The van der Waals surface area contributed by atoms with Gasteiger partial charge in [-0.25, -0.2) is 18.2 Å². The standard InChI is InChI=1S/C16H25N3O5S3/c1-11-3-5-12(6-4-11)19(7-8-27(2,23)24)16(22)18-15-17-9-14(26-15)25-10-13(20)21/h9,11-12H,3-8,10H2,1-2H3,(H,20,21)(H,17,18,22)/t11-,12-. The van der Waals surface area contributed by atoms with E-state index >= 15 is 0 Å². The molecule has 0 saturated heterocycles. The topological polar surface area (TPSA) is 117 Å². The molecule has 0 radical (unpaired) electrons. The van der Waals surface area contributed by atoms with E-state index in [-0.39, 0.29) is 30.1 Å². The van der Waals surface area contributed by atoms with Crippen molar-refractivity contribution < 1.29 is 23.1 Å². The normalized spacial score (nSPS) is 20.2. The fourth-order valence-corrected chi connectivity index (χ4v) is 5.06. The van der Waals surface area contributed by atoms with Gasteiger partial charge in [-0.05, 0) is 31.6 Å². The lowest BCUT2D eigenvalue weighted by atomic mass is 9.86. The number of sulfone groups is 1. The first kappa shape index (κ1) is 22.0. The van der Waals surface area contributed by atoms with E-state index in [1.165, 1.54) is 23.8 Å². The second-order valence-electron chi connectivity index (χ2n) is 6.83. The Balaban J connectivity index is 2.02. The van der Waals surface area contributed by atoms with Gasteiger partial charge in [0.1, 0.15) is 9.84 Å². The van der Waals surface area contributed by atoms with Gasteiger partial charge in [0, 0.05) is 18.8 Å². The summed E-state index contributed by atoms with van der Waals surface area (Å²) in [7, 11) is -3.18. The summed E-state index contributed by atoms with van der Waals surface area (Å²) in [4.78, 5) is 29.1. The summed E-state index contributed by atoms with van der Waals surface area (Å²) in [5, 5.41) is 11.8. The van der Waals surface area contributed by atoms with E-state index in [4.69, 9.17) is 5.11 Å². The first-order chi connectivity index (χ1) is 12.6. The van der Waals surface area contributed by atoms with Gasteiger partial charge in [-0.1, -0.05) is 18.3 Å². The minimum Gasteiger partial charge on any atom is -0.481 e. The fourth-order valence-electron chi connectivity index (χ4n) is 2.95. The van der Waals surface area contributed by atoms with Crippen LogP contribution in [0.2, 0.25) is 0 Å². The molecule has 1 heterocycles. The number of rotatable bonds is 8. The fraction of sp³-hybridized carbons (Fsp3) is 0.688. The Morgan fingerprint density at radius 3 is 2.63 bits per heavy atom. The Morgan fingerprint density at radius 2 is 2.04 bits per heavy atom. The SMILES string of the molecule is CS(=O)(=O)CCN(C(=O)Nc1ncc(SCC(=O)O)s1)[C@H]1CC[C@H](C)CC1. The van der Waals surface area contributed by atoms with Crippen molar-refractivity contribution in [2.45, 2.75) is 42.9 Å². The van der Waals surface area contributed by atoms with Gasteiger partial charge >= 0.3 is 12.0 Å². The number of carbonyl (C=O) groups excluding carboxylic acids is 1. The molecule has 1 aromatic rings. The van der Waals surface area contributed by atoms with Crippen molar-refractivity contribution in [1.82, 2.24) is 9.88 Å². The van der Waals surface area contributed by atoms with E-state index in [0.717, 1.165) is 37.4 Å². The summed E-state index contributed by atoms with van der Waals surface area (Å²) >= 11 is 2.34. The third-order valence-electron chi connectivity index (χ3n) is 4.43. The van der Waals surface area contributed by atoms with E-state index in [1.54, 1.807) is 4.90 Å². The number of nitrogens with one attached hydrogen (secondary N) is 1. The number of carboxylic acids is 1. The van der Waals surface area contributed by atoms with E-state index in [0.29, 0.717) is 15.3 Å². The molecule has 27 heavy (non-hydrogen) atoms. The van der Waals surface area contributed by atoms with Crippen LogP contribution < -0.4 is 5.32 Å². The lowest BCUT2D eigenvalue weighted by Crippen LogP contribution is -2.46. The quantitative estimate of drug-likeness (QED) is 0.603. The van der Waals surface area contributed by atoms with Crippen molar-refractivity contribution in [1.29, 1.82) is 0 Å². The van der Waals surface area contributed by atoms with Gasteiger partial charge < -0.3 is 10.0 Å². The van der Waals surface area contributed by atoms with E-state index < -0.39 is 15.8 Å². The summed E-state index contributed by atoms with van der Waals surface area (Å²) in [6.45, 7) is 2.33. The number of hydrogen-bond donors (Lipinski definition) is 2. The predicted molar refractivity (Wildman–Crippen MR) is 107 cm³/mol. The summed E-state index contributed by atoms with van der Waals surface area (Å²) in [6.07, 6.45) is 6.43. The zero-order chi connectivity index (χ0) is 20.0. The highest BCUT2D eigenvalue weighted by molar-refractivity contribution is 8.01. The lowest BCUT2D eigenvalue weighted by molar-refractivity contribution is -0.133. The average Bonchev–Trinajstić information content (AvgIpc) is 3.01. The molecule has 1 aliphatic carbocycles. The molecule has 8 nitrogen and oxygen atoms in total. The predicted octanol–water partition coefficient (Wildman–Crippen LogP) is 2.78. The Hall–Kier alpha value is -1.33. The molecule has 1 fully saturated rings. The Labute approximate surface area is 167 Å². The lowest BCUT2D eigenvalue weighted by Gasteiger charge is -2.35. The van der Waals surface area contributed by atoms with E-state index in [1.807, 2.05) is 0 Å². The van der Waals surface area contributed by atoms with E-state index in [9.17, 15) is 18.0 Å². The number of carboxylic acid groups (broad SMARTS) is 1. The number of carbonyl (C=O) groups is 2. The molecule has 0 unspecified atom stereocenters. The number of aliphatic carboxylic acids is 1. The van der Waals surface area contributed by atoms with Gasteiger partial charge in [-0.15, -0.1) is 11.8 Å². The molecule has 2 amide bonds. The molecular weight excluding hydrogens is 410 g/mol. The van der Waals surface area contributed by atoms with Crippen LogP contribution in [-0.4, -0.2) is 65.8 Å². The zero-order valence-corrected chi connectivity index (χ0v) is 17.8. The highest BCUT2D eigenvalue weighted by Crippen LogP contribution is 2.30. The Kier molecular flexibility index (Phi) is 7.92. The highest BCUT2D eigenvalue weighted by Gasteiger charge is 2.28. The number of thiazole rings is 1. The van der Waals surface area contributed by atoms with Gasteiger partial charge in [0.05, 0.1) is 21.9 Å². The van der Waals surface area contributed by atoms with Crippen LogP contribution in [0.4, 0.5) is 9.93 Å². The van der Waals surface area contributed by atoms with Crippen molar-refractivity contribution in [2.24, 2.45) is 5.92 Å². The van der Waals surface area contributed by atoms with Crippen LogP contribution in [0.25, 0.3) is 0 Å². The maximum Gasteiger partial charge on any atom is 0.323 e. The minimum atomic E-state index is -3.18. The zero-order valence-electron chi connectivity index (χ0n) is 15.4. The van der Waals surface area contributed by atoms with Crippen LogP contribution in [0.5, 0.6) is 0 Å². The number of amides is 2. The van der Waals surface area contributed by atoms with Gasteiger partial charge in [0.15, 0.2) is 5.13 Å². The van der Waals surface area contributed by atoms with Crippen LogP contribution >= 0.6 is 23.1 Å². The number of aromatic nitrogens is 1. The van der Waals surface area contributed by atoms with Crippen LogP contribution in [0.1, 0.15) is 32.6 Å². The minimum absolute atomic E-state index is 0.0174. The van der Waals surface area contributed by atoms with Crippen LogP contribution in [-0.2, 0) is 14.6 Å². The van der Waals surface area contributed by atoms with Crippen molar-refractivity contribution in [3.05, 3.63) is 6.20 Å². The largest absolute Gasteiger partial charge is 0.481 e.